The van der Waals surface area contributed by atoms with E-state index in [9.17, 15) is 0 Å². The molecule has 0 aliphatic heterocycles. The van der Waals surface area contributed by atoms with E-state index in [0.717, 1.165) is 27.9 Å². The lowest BCUT2D eigenvalue weighted by molar-refractivity contribution is 0.291. The monoisotopic (exact) mass is 417 g/mol. The van der Waals surface area contributed by atoms with Gasteiger partial charge in [-0.3, -0.25) is 0 Å². The van der Waals surface area contributed by atoms with Crippen LogP contribution in [0.4, 0.5) is 5.69 Å². The van der Waals surface area contributed by atoms with Crippen LogP contribution in [0.3, 0.4) is 0 Å². The first-order valence-electron chi connectivity index (χ1n) is 7.23. The van der Waals surface area contributed by atoms with Crippen molar-refractivity contribution >= 4 is 44.8 Å². The van der Waals surface area contributed by atoms with E-state index in [-0.39, 0.29) is 0 Å². The lowest BCUT2D eigenvalue weighted by Crippen LogP contribution is -2.06. The highest BCUT2D eigenvalue weighted by Gasteiger charge is 2.14. The summed E-state index contributed by atoms with van der Waals surface area (Å²) in [6, 6.07) is 9.18. The van der Waals surface area contributed by atoms with Crippen molar-refractivity contribution in [1.29, 1.82) is 0 Å². The molecule has 0 aliphatic carbocycles. The standard InChI is InChI=1S/C17H18BrCl2NO2/c1-3-6-23-17-14(15(18)4-5-16(17)22-2)10-21-13-8-11(19)7-12(20)9-13/h4-5,7-9,21H,3,6,10H2,1-2H3. The van der Waals surface area contributed by atoms with E-state index in [0.29, 0.717) is 28.9 Å². The second-order valence-electron chi connectivity index (χ2n) is 4.92. The molecule has 0 atom stereocenters. The predicted molar refractivity (Wildman–Crippen MR) is 100 cm³/mol. The van der Waals surface area contributed by atoms with Crippen molar-refractivity contribution in [1.82, 2.24) is 0 Å². The Kier molecular flexibility index (Phi) is 6.88. The lowest BCUT2D eigenvalue weighted by atomic mass is 10.1. The highest BCUT2D eigenvalue weighted by atomic mass is 79.9. The lowest BCUT2D eigenvalue weighted by Gasteiger charge is -2.17. The third-order valence-electron chi connectivity index (χ3n) is 3.17. The number of hydrogen-bond donors (Lipinski definition) is 1. The summed E-state index contributed by atoms with van der Waals surface area (Å²) in [5.74, 6) is 1.45. The van der Waals surface area contributed by atoms with Gasteiger partial charge in [-0.05, 0) is 36.8 Å². The van der Waals surface area contributed by atoms with Crippen LogP contribution in [-0.4, -0.2) is 13.7 Å². The Morgan fingerprint density at radius 1 is 1.13 bits per heavy atom. The minimum Gasteiger partial charge on any atom is -0.493 e. The second kappa shape index (κ2) is 8.67. The van der Waals surface area contributed by atoms with Crippen molar-refractivity contribution in [2.45, 2.75) is 19.9 Å². The van der Waals surface area contributed by atoms with Gasteiger partial charge in [-0.1, -0.05) is 46.1 Å². The molecule has 0 aromatic heterocycles. The van der Waals surface area contributed by atoms with Gasteiger partial charge in [-0.2, -0.15) is 0 Å². The van der Waals surface area contributed by atoms with E-state index in [1.807, 2.05) is 24.3 Å². The molecule has 0 amide bonds. The summed E-state index contributed by atoms with van der Waals surface area (Å²) in [6.07, 6.45) is 0.923. The van der Waals surface area contributed by atoms with Crippen molar-refractivity contribution in [2.75, 3.05) is 19.0 Å². The molecule has 0 heterocycles. The fourth-order valence-electron chi connectivity index (χ4n) is 2.12. The summed E-state index contributed by atoms with van der Waals surface area (Å²) < 4.78 is 12.2. The van der Waals surface area contributed by atoms with Crippen molar-refractivity contribution in [2.24, 2.45) is 0 Å². The molecule has 0 fully saturated rings. The third-order valence-corrected chi connectivity index (χ3v) is 4.35. The van der Waals surface area contributed by atoms with Crippen molar-refractivity contribution in [3.8, 4) is 11.5 Å². The van der Waals surface area contributed by atoms with Crippen LogP contribution >= 0.6 is 39.1 Å². The molecule has 1 N–H and O–H groups in total. The smallest absolute Gasteiger partial charge is 0.167 e. The zero-order valence-electron chi connectivity index (χ0n) is 13.0. The number of halogens is 3. The van der Waals surface area contributed by atoms with Gasteiger partial charge in [0.2, 0.25) is 0 Å². The van der Waals surface area contributed by atoms with Crippen molar-refractivity contribution in [3.05, 3.63) is 50.4 Å². The third kappa shape index (κ3) is 4.93. The molecule has 0 spiro atoms. The maximum absolute atomic E-state index is 6.03. The number of anilines is 1. The van der Waals surface area contributed by atoms with E-state index in [1.54, 1.807) is 13.2 Å². The van der Waals surface area contributed by atoms with Gasteiger partial charge in [0, 0.05) is 32.3 Å². The molecule has 3 nitrogen and oxygen atoms in total. The molecule has 0 saturated heterocycles. The SMILES string of the molecule is CCCOc1c(OC)ccc(Br)c1CNc1cc(Cl)cc(Cl)c1. The molecule has 0 radical (unpaired) electrons. The number of hydrogen-bond acceptors (Lipinski definition) is 3. The Morgan fingerprint density at radius 3 is 2.43 bits per heavy atom. The van der Waals surface area contributed by atoms with Crippen LogP contribution in [0.1, 0.15) is 18.9 Å². The Hall–Kier alpha value is -1.10. The topological polar surface area (TPSA) is 30.5 Å². The summed E-state index contributed by atoms with van der Waals surface area (Å²) in [7, 11) is 1.63. The maximum atomic E-state index is 6.03. The fourth-order valence-corrected chi connectivity index (χ4v) is 3.09. The van der Waals surface area contributed by atoms with Crippen LogP contribution < -0.4 is 14.8 Å². The molecule has 6 heteroatoms. The number of nitrogens with one attached hydrogen (secondary N) is 1. The first-order valence-corrected chi connectivity index (χ1v) is 8.78. The fraction of sp³-hybridized carbons (Fsp3) is 0.294. The first kappa shape index (κ1) is 18.2. The van der Waals surface area contributed by atoms with Gasteiger partial charge in [0.05, 0.1) is 13.7 Å². The average molecular weight is 419 g/mol. The van der Waals surface area contributed by atoms with E-state index in [2.05, 4.69) is 28.2 Å². The largest absolute Gasteiger partial charge is 0.493 e. The Balaban J connectivity index is 2.26. The Bertz CT molecular complexity index is 660. The van der Waals surface area contributed by atoms with Crippen LogP contribution in [0.2, 0.25) is 10.0 Å². The normalized spacial score (nSPS) is 10.5. The quantitative estimate of drug-likeness (QED) is 0.583. The van der Waals surface area contributed by atoms with Crippen LogP contribution in [0, 0.1) is 0 Å². The number of benzene rings is 2. The van der Waals surface area contributed by atoms with Crippen LogP contribution in [-0.2, 0) is 6.54 Å². The first-order chi connectivity index (χ1) is 11.0. The van der Waals surface area contributed by atoms with Gasteiger partial charge in [0.15, 0.2) is 11.5 Å². The van der Waals surface area contributed by atoms with E-state index in [1.165, 1.54) is 0 Å². The second-order valence-corrected chi connectivity index (χ2v) is 6.64. The molecule has 0 aliphatic rings. The summed E-state index contributed by atoms with van der Waals surface area (Å²) in [5.41, 5.74) is 1.83. The minimum atomic E-state index is 0.549. The molecular weight excluding hydrogens is 401 g/mol. The van der Waals surface area contributed by atoms with Crippen LogP contribution in [0.25, 0.3) is 0 Å². The van der Waals surface area contributed by atoms with Gasteiger partial charge in [-0.25, -0.2) is 0 Å². The van der Waals surface area contributed by atoms with Crippen LogP contribution in [0.15, 0.2) is 34.8 Å². The van der Waals surface area contributed by atoms with E-state index >= 15 is 0 Å². The summed E-state index contributed by atoms with van der Waals surface area (Å²) in [4.78, 5) is 0. The van der Waals surface area contributed by atoms with E-state index in [4.69, 9.17) is 32.7 Å². The highest BCUT2D eigenvalue weighted by molar-refractivity contribution is 9.10. The Labute approximate surface area is 155 Å². The Morgan fingerprint density at radius 2 is 1.83 bits per heavy atom. The van der Waals surface area contributed by atoms with Gasteiger partial charge < -0.3 is 14.8 Å². The highest BCUT2D eigenvalue weighted by Crippen LogP contribution is 2.37. The van der Waals surface area contributed by atoms with Gasteiger partial charge >= 0.3 is 0 Å². The molecule has 2 rings (SSSR count). The molecule has 124 valence electrons. The molecule has 2 aromatic rings. The molecule has 0 unspecified atom stereocenters. The molecule has 0 saturated carbocycles. The van der Waals surface area contributed by atoms with Crippen LogP contribution in [0.5, 0.6) is 11.5 Å². The van der Waals surface area contributed by atoms with Gasteiger partial charge in [0.25, 0.3) is 0 Å². The van der Waals surface area contributed by atoms with Gasteiger partial charge in [0.1, 0.15) is 0 Å². The van der Waals surface area contributed by atoms with Crippen molar-refractivity contribution in [3.63, 3.8) is 0 Å². The minimum absolute atomic E-state index is 0.549. The van der Waals surface area contributed by atoms with Crippen molar-refractivity contribution < 1.29 is 9.47 Å². The summed E-state index contributed by atoms with van der Waals surface area (Å²) >= 11 is 15.6. The zero-order valence-corrected chi connectivity index (χ0v) is 16.1. The predicted octanol–water partition coefficient (Wildman–Crippen LogP) is 6.17. The molecule has 0 bridgehead atoms. The molecular formula is C17H18BrCl2NO2. The zero-order chi connectivity index (χ0) is 16.8. The molecule has 2 aromatic carbocycles. The number of methoxy groups -OCH3 is 1. The van der Waals surface area contributed by atoms with E-state index < -0.39 is 0 Å². The molecule has 23 heavy (non-hydrogen) atoms. The summed E-state index contributed by atoms with van der Waals surface area (Å²) in [5, 5.41) is 4.50. The number of rotatable bonds is 7. The average Bonchev–Trinajstić information content (AvgIpc) is 2.51. The maximum Gasteiger partial charge on any atom is 0.167 e. The van der Waals surface area contributed by atoms with Gasteiger partial charge in [-0.15, -0.1) is 0 Å². The number of ether oxygens (including phenoxy) is 2. The summed E-state index contributed by atoms with van der Waals surface area (Å²) in [6.45, 7) is 3.24.